The van der Waals surface area contributed by atoms with E-state index < -0.39 is 32.8 Å². The Morgan fingerprint density at radius 1 is 0.545 bits per heavy atom. The summed E-state index contributed by atoms with van der Waals surface area (Å²) in [6.45, 7) is 27.9. The average Bonchev–Trinajstić information content (AvgIpc) is 2.89. The van der Waals surface area contributed by atoms with E-state index in [4.69, 9.17) is 9.32 Å². The summed E-state index contributed by atoms with van der Waals surface area (Å²) in [7, 11) is -6.86. The van der Waals surface area contributed by atoms with Crippen molar-refractivity contribution >= 4 is 55.7 Å². The van der Waals surface area contributed by atoms with Gasteiger partial charge in [-0.15, -0.1) is 0 Å². The van der Waals surface area contributed by atoms with Crippen LogP contribution in [-0.4, -0.2) is 44.3 Å². The number of allylic oxidation sites excluding steroid dienone is 1. The fourth-order valence-electron chi connectivity index (χ4n) is 4.59. The molecule has 3 aromatic carbocycles. The third-order valence-electron chi connectivity index (χ3n) is 6.13. The molecule has 4 nitrogen and oxygen atoms in total. The second kappa shape index (κ2) is 14.4. The van der Waals surface area contributed by atoms with Crippen molar-refractivity contribution in [3.05, 3.63) is 119 Å². The molecule has 0 heterocycles. The zero-order valence-corrected chi connectivity index (χ0v) is 33.1. The van der Waals surface area contributed by atoms with Crippen LogP contribution in [0.2, 0.25) is 78.6 Å². The highest BCUT2D eigenvalue weighted by atomic mass is 28.3. The minimum Gasteiger partial charge on any atom is -0.410 e. The molecule has 8 heteroatoms. The molecule has 2 N–H and O–H groups in total. The van der Waals surface area contributed by atoms with Gasteiger partial charge in [0.05, 0.1) is 13.8 Å². The van der Waals surface area contributed by atoms with Crippen LogP contribution in [-0.2, 0) is 0 Å². The number of hydrogen-bond acceptors (Lipinski definition) is 3. The second-order valence-electron chi connectivity index (χ2n) is 15.6. The fourth-order valence-corrected chi connectivity index (χ4v) is 8.49. The van der Waals surface area contributed by atoms with Crippen LogP contribution in [0.3, 0.4) is 0 Å². The van der Waals surface area contributed by atoms with Gasteiger partial charge in [0.25, 0.3) is 0 Å². The number of nitrogens with one attached hydrogen (secondary N) is 2. The molecule has 0 aromatic heterocycles. The molecule has 3 aromatic rings. The van der Waals surface area contributed by atoms with Gasteiger partial charge in [0.1, 0.15) is 14.1 Å². The quantitative estimate of drug-likeness (QED) is 0.123. The van der Waals surface area contributed by atoms with Gasteiger partial charge in [-0.2, -0.15) is 0 Å². The average molecular weight is 655 g/mol. The largest absolute Gasteiger partial charge is 0.410 e. The molecule has 0 bridgehead atoms. The highest BCUT2D eigenvalue weighted by Gasteiger charge is 2.21. The van der Waals surface area contributed by atoms with E-state index in [1.54, 1.807) is 0 Å². The van der Waals surface area contributed by atoms with E-state index in [1.165, 1.54) is 11.1 Å². The van der Waals surface area contributed by atoms with E-state index in [2.05, 4.69) is 186 Å². The van der Waals surface area contributed by atoms with Crippen molar-refractivity contribution in [3.8, 4) is 0 Å². The Morgan fingerprint density at radius 2 is 1.02 bits per heavy atom. The van der Waals surface area contributed by atoms with Gasteiger partial charge in [-0.1, -0.05) is 124 Å². The van der Waals surface area contributed by atoms with Crippen molar-refractivity contribution in [1.82, 2.24) is 10.3 Å². The lowest BCUT2D eigenvalue weighted by molar-refractivity contribution is 1.26. The van der Waals surface area contributed by atoms with Gasteiger partial charge < -0.3 is 19.6 Å². The highest BCUT2D eigenvalue weighted by Crippen LogP contribution is 2.21. The summed E-state index contributed by atoms with van der Waals surface area (Å²) in [4.78, 5) is 3.89. The maximum atomic E-state index is 5.40. The predicted molar refractivity (Wildman–Crippen MR) is 208 cm³/mol. The Hall–Kier alpha value is -3.05. The zero-order valence-electron chi connectivity index (χ0n) is 29.1. The standard InChI is InChI=1S/C36H54N4Si4/c1-41(2,3)28-35(30-22-17-14-18-23-30)37-36(40-44(10,11)12)32-25-19-24-31(26-32)34(39-43(7,8)9)27-33(38-42(4,5)6)29-20-15-13-16-21-29/h13-28,38H,1-12H3,(H,37,40)/b33-27-,35-28+,39-34-. The first-order valence-corrected chi connectivity index (χ1v) is 29.7. The van der Waals surface area contributed by atoms with Crippen LogP contribution in [0, 0.1) is 0 Å². The van der Waals surface area contributed by atoms with E-state index in [0.29, 0.717) is 0 Å². The van der Waals surface area contributed by atoms with Crippen LogP contribution in [0.1, 0.15) is 22.3 Å². The van der Waals surface area contributed by atoms with Crippen LogP contribution >= 0.6 is 0 Å². The SMILES string of the molecule is C[Si](C)(C)/C=C(/NC(=N[Si](C)(C)C)c1cccc(C(/C=C(\N[Si](C)(C)C)c2ccccc2)=N\[Si](C)(C)C)c1)c1ccccc1. The predicted octanol–water partition coefficient (Wildman–Crippen LogP) is 9.87. The molecule has 0 amide bonds. The van der Waals surface area contributed by atoms with Crippen LogP contribution in [0.5, 0.6) is 0 Å². The number of hydrogen-bond donors (Lipinski definition) is 2. The van der Waals surface area contributed by atoms with E-state index in [0.717, 1.165) is 34.1 Å². The third kappa shape index (κ3) is 12.5. The van der Waals surface area contributed by atoms with Crippen LogP contribution < -0.4 is 10.3 Å². The van der Waals surface area contributed by atoms with Crippen LogP contribution in [0.15, 0.2) is 106 Å². The van der Waals surface area contributed by atoms with E-state index >= 15 is 0 Å². The molecule has 0 radical (unpaired) electrons. The highest BCUT2D eigenvalue weighted by molar-refractivity contribution is 6.81. The molecule has 44 heavy (non-hydrogen) atoms. The molecule has 3 rings (SSSR count). The first kappa shape index (κ1) is 35.4. The topological polar surface area (TPSA) is 48.8 Å². The van der Waals surface area contributed by atoms with E-state index in [1.807, 2.05) is 0 Å². The second-order valence-corrected chi connectivity index (χ2v) is 34.5. The molecule has 234 valence electrons. The number of amidine groups is 1. The van der Waals surface area contributed by atoms with Crippen LogP contribution in [0.25, 0.3) is 11.4 Å². The first-order valence-electron chi connectivity index (χ1n) is 15.7. The number of nitrogens with zero attached hydrogens (tertiary/aromatic N) is 2. The van der Waals surface area contributed by atoms with Crippen molar-refractivity contribution in [1.29, 1.82) is 0 Å². The Balaban J connectivity index is 2.22. The monoisotopic (exact) mass is 654 g/mol. The van der Waals surface area contributed by atoms with Gasteiger partial charge >= 0.3 is 0 Å². The molecule has 0 unspecified atom stereocenters. The zero-order chi connectivity index (χ0) is 32.8. The number of benzene rings is 3. The lowest BCUT2D eigenvalue weighted by atomic mass is 10.0. The van der Waals surface area contributed by atoms with Crippen LogP contribution in [0.4, 0.5) is 0 Å². The maximum absolute atomic E-state index is 5.40. The maximum Gasteiger partial charge on any atom is 0.175 e. The summed E-state index contributed by atoms with van der Waals surface area (Å²) in [5.74, 6) is 0.930. The van der Waals surface area contributed by atoms with E-state index in [-0.39, 0.29) is 0 Å². The normalized spacial score (nSPS) is 14.5. The number of rotatable bonds is 11. The van der Waals surface area contributed by atoms with Gasteiger partial charge in [0.15, 0.2) is 16.5 Å². The van der Waals surface area contributed by atoms with Gasteiger partial charge in [-0.3, -0.25) is 0 Å². The Kier molecular flexibility index (Phi) is 11.6. The molecular formula is C36H54N4Si4. The van der Waals surface area contributed by atoms with Crippen molar-refractivity contribution in [2.45, 2.75) is 78.6 Å². The summed E-state index contributed by atoms with van der Waals surface area (Å²) in [6.07, 6.45) is 2.27. The summed E-state index contributed by atoms with van der Waals surface area (Å²) >= 11 is 0. The van der Waals surface area contributed by atoms with Gasteiger partial charge in [-0.05, 0) is 68.1 Å². The Labute approximate surface area is 271 Å². The van der Waals surface area contributed by atoms with Crippen molar-refractivity contribution < 1.29 is 0 Å². The molecular weight excluding hydrogens is 601 g/mol. The molecule has 0 aliphatic rings. The lowest BCUT2D eigenvalue weighted by Gasteiger charge is -2.24. The van der Waals surface area contributed by atoms with Gasteiger partial charge in [0, 0.05) is 17.0 Å². The Morgan fingerprint density at radius 3 is 1.50 bits per heavy atom. The molecule has 0 atom stereocenters. The molecule has 0 aliphatic carbocycles. The molecule has 0 aliphatic heterocycles. The van der Waals surface area contributed by atoms with Crippen molar-refractivity contribution in [2.24, 2.45) is 9.32 Å². The Bertz CT molecular complexity index is 1510. The van der Waals surface area contributed by atoms with E-state index in [9.17, 15) is 0 Å². The lowest BCUT2D eigenvalue weighted by Crippen LogP contribution is -2.40. The summed E-state index contributed by atoms with van der Waals surface area (Å²) in [6, 6.07) is 30.1. The van der Waals surface area contributed by atoms with Crippen molar-refractivity contribution in [2.75, 3.05) is 0 Å². The molecule has 0 saturated carbocycles. The molecule has 0 saturated heterocycles. The summed E-state index contributed by atoms with van der Waals surface area (Å²) in [5.41, 5.74) is 10.3. The van der Waals surface area contributed by atoms with Gasteiger partial charge in [-0.25, -0.2) is 0 Å². The first-order chi connectivity index (χ1) is 20.3. The minimum atomic E-state index is -1.84. The fraction of sp³-hybridized carbons (Fsp3) is 0.333. The van der Waals surface area contributed by atoms with Crippen molar-refractivity contribution in [3.63, 3.8) is 0 Å². The summed E-state index contributed by atoms with van der Waals surface area (Å²) < 4.78 is 10.8. The van der Waals surface area contributed by atoms with Gasteiger partial charge in [0.2, 0.25) is 0 Å². The smallest absolute Gasteiger partial charge is 0.175 e. The minimum absolute atomic E-state index is 0.930. The summed E-state index contributed by atoms with van der Waals surface area (Å²) in [5, 5.41) is 3.84. The molecule has 0 spiro atoms. The molecule has 0 fully saturated rings. The third-order valence-corrected chi connectivity index (χ3v) is 10.1.